The lowest BCUT2D eigenvalue weighted by Crippen LogP contribution is -2.60. The Kier molecular flexibility index (Phi) is 6.53. The highest BCUT2D eigenvalue weighted by molar-refractivity contribution is 6.35. The Morgan fingerprint density at radius 3 is 2.54 bits per heavy atom. The van der Waals surface area contributed by atoms with E-state index in [1.807, 2.05) is 19.1 Å². The standard InChI is InChI=1S/C20H26N4O4/c1-14-4-6-16(7-5-14)24-19(26)17(18(25)22-20(24)27)15(2)21-8-3-9-23-10-12-28-13-11-23/h4-7,17H,3,8-13H2,1-2H3,(H,22,25,27)/t17-/m1/s1. The van der Waals surface area contributed by atoms with Crippen molar-refractivity contribution in [3.8, 4) is 0 Å². The first-order chi connectivity index (χ1) is 13.5. The minimum Gasteiger partial charge on any atom is -0.379 e. The number of morpholine rings is 1. The molecule has 8 heteroatoms. The van der Waals surface area contributed by atoms with E-state index < -0.39 is 23.8 Å². The van der Waals surface area contributed by atoms with E-state index in [-0.39, 0.29) is 0 Å². The molecule has 2 saturated heterocycles. The molecule has 2 fully saturated rings. The van der Waals surface area contributed by atoms with Gasteiger partial charge in [-0.25, -0.2) is 9.69 Å². The van der Waals surface area contributed by atoms with Gasteiger partial charge in [-0.3, -0.25) is 24.8 Å². The number of amides is 4. The molecular weight excluding hydrogens is 360 g/mol. The van der Waals surface area contributed by atoms with Crippen molar-refractivity contribution in [2.45, 2.75) is 20.3 Å². The van der Waals surface area contributed by atoms with E-state index in [1.165, 1.54) is 0 Å². The molecule has 0 radical (unpaired) electrons. The summed E-state index contributed by atoms with van der Waals surface area (Å²) in [7, 11) is 0. The largest absolute Gasteiger partial charge is 0.379 e. The Bertz CT molecular complexity index is 769. The van der Waals surface area contributed by atoms with Gasteiger partial charge in [0.15, 0.2) is 5.92 Å². The zero-order valence-corrected chi connectivity index (χ0v) is 16.3. The third-order valence-electron chi connectivity index (χ3n) is 4.97. The quantitative estimate of drug-likeness (QED) is 0.453. The van der Waals surface area contributed by atoms with Crippen molar-refractivity contribution >= 4 is 29.2 Å². The Labute approximate surface area is 164 Å². The van der Waals surface area contributed by atoms with Crippen LogP contribution in [0.5, 0.6) is 0 Å². The minimum absolute atomic E-state index is 0.425. The molecule has 0 aromatic heterocycles. The van der Waals surface area contributed by atoms with E-state index >= 15 is 0 Å². The molecule has 150 valence electrons. The number of rotatable bonds is 6. The maximum atomic E-state index is 12.9. The molecule has 1 aromatic carbocycles. The van der Waals surface area contributed by atoms with Crippen LogP contribution < -0.4 is 10.2 Å². The van der Waals surface area contributed by atoms with Crippen LogP contribution in [0.1, 0.15) is 18.9 Å². The van der Waals surface area contributed by atoms with Crippen LogP contribution in [0, 0.1) is 12.8 Å². The molecule has 2 aliphatic rings. The number of imide groups is 2. The summed E-state index contributed by atoms with van der Waals surface area (Å²) < 4.78 is 5.33. The zero-order chi connectivity index (χ0) is 20.1. The topological polar surface area (TPSA) is 91.3 Å². The summed E-state index contributed by atoms with van der Waals surface area (Å²) in [6.07, 6.45) is 0.834. The van der Waals surface area contributed by atoms with Crippen molar-refractivity contribution in [3.63, 3.8) is 0 Å². The predicted molar refractivity (Wildman–Crippen MR) is 106 cm³/mol. The third-order valence-corrected chi connectivity index (χ3v) is 4.97. The lowest BCUT2D eigenvalue weighted by Gasteiger charge is -2.30. The van der Waals surface area contributed by atoms with Crippen molar-refractivity contribution < 1.29 is 19.1 Å². The Morgan fingerprint density at radius 2 is 1.86 bits per heavy atom. The molecule has 0 saturated carbocycles. The number of anilines is 1. The SMILES string of the molecule is CC(=NCCCN1CCOCC1)[C@@H]1C(=O)NC(=O)N(c2ccc(C)cc2)C1=O. The predicted octanol–water partition coefficient (Wildman–Crippen LogP) is 1.38. The molecule has 1 atom stereocenters. The van der Waals surface area contributed by atoms with Crippen molar-refractivity contribution in [2.75, 3.05) is 44.3 Å². The van der Waals surface area contributed by atoms with Gasteiger partial charge in [-0.15, -0.1) is 0 Å². The van der Waals surface area contributed by atoms with Gasteiger partial charge in [-0.05, 0) is 32.4 Å². The number of hydrogen-bond donors (Lipinski definition) is 1. The summed E-state index contributed by atoms with van der Waals surface area (Å²) in [4.78, 5) is 45.2. The summed E-state index contributed by atoms with van der Waals surface area (Å²) in [5.41, 5.74) is 1.87. The molecule has 1 aromatic rings. The average Bonchev–Trinajstić information content (AvgIpc) is 2.67. The molecule has 8 nitrogen and oxygen atoms in total. The number of hydrogen-bond acceptors (Lipinski definition) is 6. The smallest absolute Gasteiger partial charge is 0.335 e. The number of carbonyl (C=O) groups is 3. The molecule has 0 aliphatic carbocycles. The van der Waals surface area contributed by atoms with Crippen LogP contribution >= 0.6 is 0 Å². The van der Waals surface area contributed by atoms with Gasteiger partial charge in [-0.1, -0.05) is 17.7 Å². The highest BCUT2D eigenvalue weighted by atomic mass is 16.5. The molecular formula is C20H26N4O4. The van der Waals surface area contributed by atoms with Gasteiger partial charge < -0.3 is 4.74 Å². The fraction of sp³-hybridized carbons (Fsp3) is 0.500. The summed E-state index contributed by atoms with van der Waals surface area (Å²) >= 11 is 0. The molecule has 28 heavy (non-hydrogen) atoms. The summed E-state index contributed by atoms with van der Waals surface area (Å²) in [6.45, 7) is 8.35. The average molecular weight is 386 g/mol. The van der Waals surface area contributed by atoms with Gasteiger partial charge in [0.1, 0.15) is 0 Å². The third kappa shape index (κ3) is 4.63. The number of aliphatic imine (C=N–C) groups is 1. The number of aryl methyl sites for hydroxylation is 1. The molecule has 0 bridgehead atoms. The lowest BCUT2D eigenvalue weighted by atomic mass is 9.99. The van der Waals surface area contributed by atoms with Crippen LogP contribution in [0.25, 0.3) is 0 Å². The maximum absolute atomic E-state index is 12.9. The Hall–Kier alpha value is -2.58. The molecule has 0 unspecified atom stereocenters. The number of urea groups is 1. The van der Waals surface area contributed by atoms with Crippen molar-refractivity contribution in [1.82, 2.24) is 10.2 Å². The van der Waals surface area contributed by atoms with E-state index in [0.29, 0.717) is 17.9 Å². The van der Waals surface area contributed by atoms with Crippen molar-refractivity contribution in [1.29, 1.82) is 0 Å². The van der Waals surface area contributed by atoms with E-state index in [0.717, 1.165) is 49.7 Å². The fourth-order valence-electron chi connectivity index (χ4n) is 3.35. The Balaban J connectivity index is 1.65. The maximum Gasteiger partial charge on any atom is 0.335 e. The second-order valence-corrected chi connectivity index (χ2v) is 7.07. The monoisotopic (exact) mass is 386 g/mol. The van der Waals surface area contributed by atoms with Crippen LogP contribution in [0.15, 0.2) is 29.3 Å². The number of ether oxygens (including phenoxy) is 1. The number of nitrogens with zero attached hydrogens (tertiary/aromatic N) is 3. The van der Waals surface area contributed by atoms with Gasteiger partial charge in [-0.2, -0.15) is 0 Å². The summed E-state index contributed by atoms with van der Waals surface area (Å²) in [5.74, 6) is -2.26. The summed E-state index contributed by atoms with van der Waals surface area (Å²) in [6, 6.07) is 6.28. The number of nitrogens with one attached hydrogen (secondary N) is 1. The number of barbiturate groups is 1. The van der Waals surface area contributed by atoms with E-state index in [4.69, 9.17) is 4.74 Å². The van der Waals surface area contributed by atoms with Gasteiger partial charge in [0.25, 0.3) is 5.91 Å². The van der Waals surface area contributed by atoms with E-state index in [9.17, 15) is 14.4 Å². The van der Waals surface area contributed by atoms with Crippen LogP contribution in [0.4, 0.5) is 10.5 Å². The molecule has 4 amide bonds. The van der Waals surface area contributed by atoms with Crippen LogP contribution in [-0.2, 0) is 14.3 Å². The van der Waals surface area contributed by atoms with Crippen molar-refractivity contribution in [2.24, 2.45) is 10.9 Å². The first kappa shape index (κ1) is 20.2. The normalized spacial score (nSPS) is 21.8. The molecule has 2 heterocycles. The Morgan fingerprint density at radius 1 is 1.18 bits per heavy atom. The van der Waals surface area contributed by atoms with Crippen LogP contribution in [0.3, 0.4) is 0 Å². The molecule has 1 N–H and O–H groups in total. The summed E-state index contributed by atoms with van der Waals surface area (Å²) in [5, 5.41) is 2.27. The van der Waals surface area contributed by atoms with Gasteiger partial charge in [0, 0.05) is 31.9 Å². The first-order valence-electron chi connectivity index (χ1n) is 9.54. The lowest BCUT2D eigenvalue weighted by molar-refractivity contribution is -0.131. The first-order valence-corrected chi connectivity index (χ1v) is 9.54. The second-order valence-electron chi connectivity index (χ2n) is 7.07. The van der Waals surface area contributed by atoms with E-state index in [2.05, 4.69) is 15.2 Å². The molecule has 3 rings (SSSR count). The molecule has 0 spiro atoms. The number of benzene rings is 1. The van der Waals surface area contributed by atoms with Crippen molar-refractivity contribution in [3.05, 3.63) is 29.8 Å². The zero-order valence-electron chi connectivity index (χ0n) is 16.3. The second kappa shape index (κ2) is 9.07. The fourth-order valence-corrected chi connectivity index (χ4v) is 3.35. The highest BCUT2D eigenvalue weighted by Crippen LogP contribution is 2.22. The van der Waals surface area contributed by atoms with Gasteiger partial charge in [0.2, 0.25) is 5.91 Å². The molecule has 2 aliphatic heterocycles. The van der Waals surface area contributed by atoms with Gasteiger partial charge in [0.05, 0.1) is 18.9 Å². The minimum atomic E-state index is -1.08. The number of carbonyl (C=O) groups excluding carboxylic acids is 3. The van der Waals surface area contributed by atoms with Crippen LogP contribution in [0.2, 0.25) is 0 Å². The highest BCUT2D eigenvalue weighted by Gasteiger charge is 2.42. The van der Waals surface area contributed by atoms with Gasteiger partial charge >= 0.3 is 6.03 Å². The van der Waals surface area contributed by atoms with Crippen LogP contribution in [-0.4, -0.2) is 67.8 Å². The van der Waals surface area contributed by atoms with E-state index in [1.54, 1.807) is 19.1 Å².